The Morgan fingerprint density at radius 2 is 1.64 bits per heavy atom. The first kappa shape index (κ1) is 14.5. The molecule has 0 bridgehead atoms. The van der Waals surface area contributed by atoms with Crippen molar-refractivity contribution >= 4 is 33.4 Å². The van der Waals surface area contributed by atoms with E-state index in [1.54, 1.807) is 48.5 Å². The highest BCUT2D eigenvalue weighted by atomic mass is 79.9. The molecule has 110 valence electrons. The van der Waals surface area contributed by atoms with Crippen LogP contribution >= 0.6 is 15.9 Å². The molecule has 0 aliphatic carbocycles. The molecule has 22 heavy (non-hydrogen) atoms. The number of aliphatic hydroxyl groups excluding tert-OH is 1. The molecule has 1 N–H and O–H groups in total. The van der Waals surface area contributed by atoms with Gasteiger partial charge in [-0.2, -0.15) is 0 Å². The second kappa shape index (κ2) is 5.77. The van der Waals surface area contributed by atoms with E-state index < -0.39 is 17.9 Å². The fourth-order valence-corrected chi connectivity index (χ4v) is 2.57. The first-order chi connectivity index (χ1) is 10.6. The lowest BCUT2D eigenvalue weighted by Crippen LogP contribution is -2.08. The predicted octanol–water partition coefficient (Wildman–Crippen LogP) is 3.59. The van der Waals surface area contributed by atoms with Gasteiger partial charge in [-0.3, -0.25) is 4.79 Å². The molecular formula is C17H11BrO4. The van der Waals surface area contributed by atoms with E-state index in [4.69, 9.17) is 4.74 Å². The molecule has 1 aliphatic rings. The van der Waals surface area contributed by atoms with Crippen molar-refractivity contribution in [3.05, 3.63) is 75.8 Å². The zero-order chi connectivity index (χ0) is 15.7. The highest BCUT2D eigenvalue weighted by Crippen LogP contribution is 2.36. The van der Waals surface area contributed by atoms with E-state index in [-0.39, 0.29) is 11.3 Å². The number of rotatable bonds is 2. The number of carbonyl (C=O) groups excluding carboxylic acids is 2. The number of benzene rings is 2. The summed E-state index contributed by atoms with van der Waals surface area (Å²) >= 11 is 3.30. The van der Waals surface area contributed by atoms with Gasteiger partial charge in [0.2, 0.25) is 0 Å². The SMILES string of the molecule is O=C1OC(c2ccccc2)/C(=C(\O)c2ccc(Br)cc2)C1=O. The van der Waals surface area contributed by atoms with Crippen molar-refractivity contribution in [2.45, 2.75) is 6.10 Å². The quantitative estimate of drug-likeness (QED) is 0.385. The van der Waals surface area contributed by atoms with Crippen molar-refractivity contribution < 1.29 is 19.4 Å². The Kier molecular flexibility index (Phi) is 3.81. The van der Waals surface area contributed by atoms with Gasteiger partial charge < -0.3 is 9.84 Å². The number of cyclic esters (lactones) is 1. The lowest BCUT2D eigenvalue weighted by atomic mass is 9.97. The molecule has 2 aromatic rings. The van der Waals surface area contributed by atoms with Crippen LogP contribution in [0.1, 0.15) is 17.2 Å². The summed E-state index contributed by atoms with van der Waals surface area (Å²) < 4.78 is 5.97. The minimum absolute atomic E-state index is 0.0291. The molecule has 0 spiro atoms. The smallest absolute Gasteiger partial charge is 0.380 e. The van der Waals surface area contributed by atoms with E-state index >= 15 is 0 Å². The Morgan fingerprint density at radius 3 is 2.27 bits per heavy atom. The minimum atomic E-state index is -0.951. The highest BCUT2D eigenvalue weighted by molar-refractivity contribution is 9.10. The molecule has 0 saturated carbocycles. The molecule has 1 atom stereocenters. The van der Waals surface area contributed by atoms with Crippen molar-refractivity contribution in [3.8, 4) is 0 Å². The van der Waals surface area contributed by atoms with Crippen LogP contribution in [0.3, 0.4) is 0 Å². The molecule has 1 unspecified atom stereocenters. The molecule has 0 aromatic heterocycles. The predicted molar refractivity (Wildman–Crippen MR) is 84.0 cm³/mol. The average molecular weight is 359 g/mol. The molecular weight excluding hydrogens is 348 g/mol. The summed E-state index contributed by atoms with van der Waals surface area (Å²) in [7, 11) is 0. The second-order valence-corrected chi connectivity index (χ2v) is 5.71. The van der Waals surface area contributed by atoms with Crippen LogP contribution in [-0.2, 0) is 14.3 Å². The molecule has 0 radical (unpaired) electrons. The van der Waals surface area contributed by atoms with E-state index in [1.807, 2.05) is 6.07 Å². The third-order valence-electron chi connectivity index (χ3n) is 3.39. The van der Waals surface area contributed by atoms with Gasteiger partial charge in [0.15, 0.2) is 6.10 Å². The number of hydrogen-bond acceptors (Lipinski definition) is 4. The fourth-order valence-electron chi connectivity index (χ4n) is 2.31. The molecule has 5 heteroatoms. The van der Waals surface area contributed by atoms with Crippen molar-refractivity contribution in [3.63, 3.8) is 0 Å². The summed E-state index contributed by atoms with van der Waals surface area (Å²) in [5, 5.41) is 10.4. The van der Waals surface area contributed by atoms with Gasteiger partial charge >= 0.3 is 5.97 Å². The van der Waals surface area contributed by atoms with Gasteiger partial charge in [0.25, 0.3) is 5.78 Å². The van der Waals surface area contributed by atoms with Crippen LogP contribution in [0.5, 0.6) is 0 Å². The van der Waals surface area contributed by atoms with Gasteiger partial charge in [-0.25, -0.2) is 4.79 Å². The van der Waals surface area contributed by atoms with Gasteiger partial charge in [-0.05, 0) is 17.7 Å². The Morgan fingerprint density at radius 1 is 1.00 bits per heavy atom. The average Bonchev–Trinajstić information content (AvgIpc) is 2.84. The van der Waals surface area contributed by atoms with E-state index in [0.29, 0.717) is 11.1 Å². The lowest BCUT2D eigenvalue weighted by Gasteiger charge is -2.12. The maximum atomic E-state index is 12.1. The first-order valence-corrected chi connectivity index (χ1v) is 7.36. The lowest BCUT2D eigenvalue weighted by molar-refractivity contribution is -0.149. The van der Waals surface area contributed by atoms with Crippen LogP contribution < -0.4 is 0 Å². The monoisotopic (exact) mass is 358 g/mol. The van der Waals surface area contributed by atoms with Crippen LogP contribution in [0, 0.1) is 0 Å². The number of halogens is 1. The first-order valence-electron chi connectivity index (χ1n) is 6.57. The number of hydrogen-bond donors (Lipinski definition) is 1. The minimum Gasteiger partial charge on any atom is -0.507 e. The van der Waals surface area contributed by atoms with Crippen molar-refractivity contribution in [1.82, 2.24) is 0 Å². The van der Waals surface area contributed by atoms with Crippen molar-refractivity contribution in [2.24, 2.45) is 0 Å². The topological polar surface area (TPSA) is 63.6 Å². The zero-order valence-corrected chi connectivity index (χ0v) is 12.9. The standard InChI is InChI=1S/C17H11BrO4/c18-12-8-6-10(7-9-12)14(19)13-15(20)17(21)22-16(13)11-4-2-1-3-5-11/h1-9,16,19H/b14-13-. The Balaban J connectivity index is 2.11. The molecule has 1 saturated heterocycles. The number of esters is 1. The van der Waals surface area contributed by atoms with Gasteiger partial charge in [0.1, 0.15) is 5.76 Å². The number of ketones is 1. The van der Waals surface area contributed by atoms with Gasteiger partial charge in [-0.15, -0.1) is 0 Å². The van der Waals surface area contributed by atoms with E-state index in [9.17, 15) is 14.7 Å². The number of Topliss-reactive ketones (excluding diaryl/α,β-unsaturated/α-hetero) is 1. The largest absolute Gasteiger partial charge is 0.507 e. The van der Waals surface area contributed by atoms with Crippen LogP contribution in [0.15, 0.2) is 64.6 Å². The summed E-state index contributed by atoms with van der Waals surface area (Å²) in [6, 6.07) is 15.7. The van der Waals surface area contributed by atoms with Crippen LogP contribution in [0.4, 0.5) is 0 Å². The highest BCUT2D eigenvalue weighted by Gasteiger charge is 2.42. The Hall–Kier alpha value is -2.40. The molecule has 1 aliphatic heterocycles. The van der Waals surface area contributed by atoms with E-state index in [2.05, 4.69) is 15.9 Å². The molecule has 0 amide bonds. The number of carbonyl (C=O) groups is 2. The second-order valence-electron chi connectivity index (χ2n) is 4.79. The van der Waals surface area contributed by atoms with Crippen molar-refractivity contribution in [1.29, 1.82) is 0 Å². The van der Waals surface area contributed by atoms with Crippen molar-refractivity contribution in [2.75, 3.05) is 0 Å². The van der Waals surface area contributed by atoms with Gasteiger partial charge in [0.05, 0.1) is 5.57 Å². The zero-order valence-electron chi connectivity index (χ0n) is 11.3. The summed E-state index contributed by atoms with van der Waals surface area (Å²) in [5.74, 6) is -2.00. The normalized spacial score (nSPS) is 20.0. The third kappa shape index (κ3) is 2.55. The maximum Gasteiger partial charge on any atom is 0.380 e. The summed E-state index contributed by atoms with van der Waals surface area (Å²) in [4.78, 5) is 23.7. The maximum absolute atomic E-state index is 12.1. The van der Waals surface area contributed by atoms with Crippen LogP contribution in [0.2, 0.25) is 0 Å². The summed E-state index contributed by atoms with van der Waals surface area (Å²) in [6.45, 7) is 0. The summed E-state index contributed by atoms with van der Waals surface area (Å²) in [5.41, 5.74) is 1.06. The fraction of sp³-hybridized carbons (Fsp3) is 0.0588. The summed E-state index contributed by atoms with van der Waals surface area (Å²) in [6.07, 6.45) is -0.884. The van der Waals surface area contributed by atoms with Crippen LogP contribution in [0.25, 0.3) is 5.76 Å². The Bertz CT molecular complexity index is 763. The third-order valence-corrected chi connectivity index (χ3v) is 3.92. The number of aliphatic hydroxyl groups is 1. The Labute approximate surface area is 135 Å². The van der Waals surface area contributed by atoms with E-state index in [0.717, 1.165) is 4.47 Å². The van der Waals surface area contributed by atoms with Gasteiger partial charge in [-0.1, -0.05) is 58.4 Å². The molecule has 1 fully saturated rings. The molecule has 1 heterocycles. The molecule has 3 rings (SSSR count). The van der Waals surface area contributed by atoms with Gasteiger partial charge in [0, 0.05) is 10.0 Å². The molecule has 4 nitrogen and oxygen atoms in total. The number of ether oxygens (including phenoxy) is 1. The molecule has 2 aromatic carbocycles. The van der Waals surface area contributed by atoms with E-state index in [1.165, 1.54) is 0 Å². The van der Waals surface area contributed by atoms with Crippen LogP contribution in [-0.4, -0.2) is 16.9 Å².